The molecule has 59 heavy (non-hydrogen) atoms. The van der Waals surface area contributed by atoms with Gasteiger partial charge in [-0.15, -0.1) is 0 Å². The fourth-order valence-electron chi connectivity index (χ4n) is 7.21. The molecule has 0 spiro atoms. The van der Waals surface area contributed by atoms with Gasteiger partial charge in [-0.2, -0.15) is 21.9 Å². The van der Waals surface area contributed by atoms with Gasteiger partial charge in [-0.3, -0.25) is 0 Å². The molecule has 0 aliphatic rings. The minimum Gasteiger partial charge on any atom is -0.207 e. The van der Waals surface area contributed by atoms with Crippen LogP contribution in [0, 0.1) is 46.5 Å². The van der Waals surface area contributed by atoms with Crippen LogP contribution in [0.25, 0.3) is 0 Å². The van der Waals surface area contributed by atoms with Crippen molar-refractivity contribution in [3.8, 4) is 0 Å². The van der Waals surface area contributed by atoms with Gasteiger partial charge in [0, 0.05) is 9.79 Å². The molecule has 0 aliphatic heterocycles. The molecule has 0 aliphatic carbocycles. The van der Waals surface area contributed by atoms with Crippen molar-refractivity contribution < 1.29 is 35.1 Å². The molecular weight excluding hydrogens is 803 g/mol. The SMILES string of the molecule is Fc1cccc([B-](c2cccc(F)c2F)(c2cccc(F)c2F)c2cccc(F)c2F)c1F.c1ccc(Sc2ccc([S+](c3ccccc3)c3ccccc3)cc2)cc1. The van der Waals surface area contributed by atoms with Crippen LogP contribution in [0.2, 0.25) is 0 Å². The van der Waals surface area contributed by atoms with E-state index in [4.69, 9.17) is 0 Å². The molecule has 0 unspecified atom stereocenters. The molecule has 0 aromatic heterocycles. The van der Waals surface area contributed by atoms with Crippen LogP contribution in [0.15, 0.2) is 213 Å². The highest BCUT2D eigenvalue weighted by molar-refractivity contribution is 7.99. The van der Waals surface area contributed by atoms with E-state index in [-0.39, 0.29) is 10.9 Å². The van der Waals surface area contributed by atoms with Crippen molar-refractivity contribution >= 4 is 50.7 Å². The van der Waals surface area contributed by atoms with E-state index in [0.29, 0.717) is 24.3 Å². The third-order valence-corrected chi connectivity index (χ3v) is 13.0. The second-order valence-corrected chi connectivity index (χ2v) is 16.4. The van der Waals surface area contributed by atoms with Crippen molar-refractivity contribution in [3.63, 3.8) is 0 Å². The van der Waals surface area contributed by atoms with E-state index in [1.165, 1.54) is 24.5 Å². The molecule has 294 valence electrons. The maximum atomic E-state index is 15.2. The van der Waals surface area contributed by atoms with Gasteiger partial charge in [0.05, 0.1) is 10.9 Å². The fourth-order valence-corrected chi connectivity index (χ4v) is 10.1. The lowest BCUT2D eigenvalue weighted by molar-refractivity contribution is 0.507. The summed E-state index contributed by atoms with van der Waals surface area (Å²) in [5.41, 5.74) is -3.30. The van der Waals surface area contributed by atoms with Gasteiger partial charge in [0.25, 0.3) is 0 Å². The Kier molecular flexibility index (Phi) is 12.7. The van der Waals surface area contributed by atoms with Gasteiger partial charge >= 0.3 is 0 Å². The fraction of sp³-hybridized carbons (Fsp3) is 0. The second kappa shape index (κ2) is 18.3. The molecule has 0 saturated heterocycles. The van der Waals surface area contributed by atoms with Crippen LogP contribution >= 0.6 is 11.8 Å². The maximum Gasteiger partial charge on any atom is 0.166 e. The Balaban J connectivity index is 0.000000184. The summed E-state index contributed by atoms with van der Waals surface area (Å²) in [5.74, 6) is -12.5. The normalized spacial score (nSPS) is 11.3. The smallest absolute Gasteiger partial charge is 0.166 e. The minimum atomic E-state index is -3.85. The van der Waals surface area contributed by atoms with E-state index >= 15 is 17.6 Å². The molecule has 0 N–H and O–H groups in total. The van der Waals surface area contributed by atoms with Crippen LogP contribution in [0.4, 0.5) is 35.1 Å². The molecule has 8 aromatic carbocycles. The lowest BCUT2D eigenvalue weighted by Gasteiger charge is -2.44. The lowest BCUT2D eigenvalue weighted by Crippen LogP contribution is -2.77. The number of hydrogen-bond acceptors (Lipinski definition) is 1. The number of halogens is 8. The Morgan fingerprint density at radius 3 is 0.915 bits per heavy atom. The van der Waals surface area contributed by atoms with E-state index in [2.05, 4.69) is 115 Å². The first-order chi connectivity index (χ1) is 28.6. The molecule has 8 aromatic rings. The summed E-state index contributed by atoms with van der Waals surface area (Å²) in [7, 11) is -0.0786. The zero-order valence-electron chi connectivity index (χ0n) is 30.8. The molecule has 0 radical (unpaired) electrons. The van der Waals surface area contributed by atoms with Crippen LogP contribution in [0.3, 0.4) is 0 Å². The summed E-state index contributed by atoms with van der Waals surface area (Å²) in [6.45, 7) is 0. The summed E-state index contributed by atoms with van der Waals surface area (Å²) >= 11 is 1.80. The minimum absolute atomic E-state index is 0.0786. The van der Waals surface area contributed by atoms with Crippen molar-refractivity contribution in [1.29, 1.82) is 0 Å². The van der Waals surface area contributed by atoms with Gasteiger partial charge in [-0.05, 0) is 84.9 Å². The Morgan fingerprint density at radius 1 is 0.288 bits per heavy atom. The van der Waals surface area contributed by atoms with Crippen molar-refractivity contribution in [1.82, 2.24) is 0 Å². The van der Waals surface area contributed by atoms with Gasteiger partial charge in [-0.25, -0.2) is 35.1 Å². The molecular formula is C48H31BF8S2. The summed E-state index contributed by atoms with van der Waals surface area (Å²) in [4.78, 5) is 6.58. The van der Waals surface area contributed by atoms with Gasteiger partial charge < -0.3 is 0 Å². The third-order valence-electron chi connectivity index (χ3n) is 9.79. The predicted molar refractivity (Wildman–Crippen MR) is 222 cm³/mol. The van der Waals surface area contributed by atoms with Crippen molar-refractivity contribution in [3.05, 3.63) is 235 Å². The van der Waals surface area contributed by atoms with Gasteiger partial charge in [0.2, 0.25) is 0 Å². The third kappa shape index (κ3) is 8.44. The van der Waals surface area contributed by atoms with Gasteiger partial charge in [0.1, 0.15) is 29.4 Å². The van der Waals surface area contributed by atoms with Crippen LogP contribution in [0.5, 0.6) is 0 Å². The molecule has 0 nitrogen and oxygen atoms in total. The summed E-state index contributed by atoms with van der Waals surface area (Å²) in [5, 5.41) is 0. The Hall–Kier alpha value is -6.04. The zero-order chi connectivity index (χ0) is 41.5. The van der Waals surface area contributed by atoms with Crippen molar-refractivity contribution in [2.75, 3.05) is 0 Å². The first-order valence-electron chi connectivity index (χ1n) is 18.2. The van der Waals surface area contributed by atoms with E-state index < -0.39 is 74.5 Å². The molecule has 11 heteroatoms. The van der Waals surface area contributed by atoms with Crippen LogP contribution in [-0.2, 0) is 10.9 Å². The van der Waals surface area contributed by atoms with E-state index in [0.717, 1.165) is 48.5 Å². The van der Waals surface area contributed by atoms with Crippen LogP contribution in [-0.4, -0.2) is 6.15 Å². The molecule has 0 amide bonds. The van der Waals surface area contributed by atoms with E-state index in [9.17, 15) is 17.6 Å². The molecule has 8 rings (SSSR count). The van der Waals surface area contributed by atoms with Crippen molar-refractivity contribution in [2.24, 2.45) is 0 Å². The molecule has 0 heterocycles. The molecule has 0 atom stereocenters. The first-order valence-corrected chi connectivity index (χ1v) is 20.3. The van der Waals surface area contributed by atoms with Gasteiger partial charge in [-0.1, -0.05) is 115 Å². The molecule has 0 fully saturated rings. The van der Waals surface area contributed by atoms with Crippen LogP contribution < -0.4 is 21.9 Å². The zero-order valence-corrected chi connectivity index (χ0v) is 32.4. The standard InChI is InChI=1S/C24H12BF8.C24H19S2/c26-17-9-1-5-13(21(17)30)25(14-6-2-10-18(27)22(14)31,15-7-3-11-19(28)23(15)32)16-8-4-12-20(29)24(16)33;1-4-10-20(11-5-1)25-21-16-18-24(19-17-21)26(22-12-6-2-7-13-22)23-14-8-3-9-15-23/h1-12H;1-19H/q-1;+1. The lowest BCUT2D eigenvalue weighted by atomic mass is 9.12. The quantitative estimate of drug-likeness (QED) is 0.0793. The predicted octanol–water partition coefficient (Wildman–Crippen LogP) is 11.1. The summed E-state index contributed by atoms with van der Waals surface area (Å²) in [6, 6.07) is 51.4. The van der Waals surface area contributed by atoms with E-state index in [1.807, 2.05) is 0 Å². The number of benzene rings is 8. The topological polar surface area (TPSA) is 0 Å². The molecule has 0 bridgehead atoms. The highest BCUT2D eigenvalue weighted by Crippen LogP contribution is 2.34. The average Bonchev–Trinajstić information content (AvgIpc) is 3.26. The largest absolute Gasteiger partial charge is 0.207 e. The Bertz CT molecular complexity index is 2430. The average molecular weight is 835 g/mol. The highest BCUT2D eigenvalue weighted by atomic mass is 32.2. The van der Waals surface area contributed by atoms with Crippen LogP contribution in [0.1, 0.15) is 0 Å². The Morgan fingerprint density at radius 2 is 0.576 bits per heavy atom. The highest BCUT2D eigenvalue weighted by Gasteiger charge is 2.41. The summed E-state index contributed by atoms with van der Waals surface area (Å²) < 4.78 is 118. The van der Waals surface area contributed by atoms with Crippen molar-refractivity contribution in [2.45, 2.75) is 24.5 Å². The van der Waals surface area contributed by atoms with Gasteiger partial charge in [0.15, 0.2) is 38.0 Å². The Labute approximate surface area is 343 Å². The summed E-state index contributed by atoms with van der Waals surface area (Å²) in [6.07, 6.45) is -3.85. The number of rotatable bonds is 9. The van der Waals surface area contributed by atoms with E-state index in [1.54, 1.807) is 11.8 Å². The number of hydrogen-bond donors (Lipinski definition) is 0. The molecule has 0 saturated carbocycles. The maximum absolute atomic E-state index is 15.2. The second-order valence-electron chi connectivity index (χ2n) is 13.3. The first kappa shape index (κ1) is 41.1. The monoisotopic (exact) mass is 834 g/mol.